The molecule has 0 rings (SSSR count). The van der Waals surface area contributed by atoms with E-state index in [1.54, 1.807) is 0 Å². The molecule has 0 fully saturated rings. The lowest BCUT2D eigenvalue weighted by Crippen LogP contribution is -2.24. The molecule has 0 aliphatic carbocycles. The van der Waals surface area contributed by atoms with Gasteiger partial charge in [0.2, 0.25) is 0 Å². The van der Waals surface area contributed by atoms with Crippen LogP contribution < -0.4 is 0 Å². The SMILES string of the molecule is CCCCCCCC[C@H](O)[C@@H](O)/C=C/[C@H](O)CCCCC(=O)O. The van der Waals surface area contributed by atoms with Crippen molar-refractivity contribution in [3.63, 3.8) is 0 Å². The van der Waals surface area contributed by atoms with Crippen LogP contribution in [-0.4, -0.2) is 44.7 Å². The molecule has 0 unspecified atom stereocenters. The van der Waals surface area contributed by atoms with Crippen molar-refractivity contribution in [1.82, 2.24) is 0 Å². The van der Waals surface area contributed by atoms with Crippen molar-refractivity contribution in [3.05, 3.63) is 12.2 Å². The van der Waals surface area contributed by atoms with Gasteiger partial charge in [-0.3, -0.25) is 4.79 Å². The summed E-state index contributed by atoms with van der Waals surface area (Å²) >= 11 is 0. The third-order valence-electron chi connectivity index (χ3n) is 3.92. The third-order valence-corrected chi connectivity index (χ3v) is 3.92. The van der Waals surface area contributed by atoms with Crippen molar-refractivity contribution in [3.8, 4) is 0 Å². The smallest absolute Gasteiger partial charge is 0.303 e. The van der Waals surface area contributed by atoms with Crippen LogP contribution in [0.4, 0.5) is 0 Å². The van der Waals surface area contributed by atoms with Crippen LogP contribution in [0.2, 0.25) is 0 Å². The van der Waals surface area contributed by atoms with E-state index < -0.39 is 24.3 Å². The molecule has 0 bridgehead atoms. The highest BCUT2D eigenvalue weighted by atomic mass is 16.4. The summed E-state index contributed by atoms with van der Waals surface area (Å²) in [6.07, 6.45) is 9.56. The summed E-state index contributed by atoms with van der Waals surface area (Å²) in [5.74, 6) is -0.830. The summed E-state index contributed by atoms with van der Waals surface area (Å²) in [6.45, 7) is 2.17. The molecule has 0 aliphatic heterocycles. The van der Waals surface area contributed by atoms with E-state index in [4.69, 9.17) is 5.11 Å². The lowest BCUT2D eigenvalue weighted by molar-refractivity contribution is -0.137. The molecule has 23 heavy (non-hydrogen) atoms. The lowest BCUT2D eigenvalue weighted by Gasteiger charge is -2.15. The zero-order chi connectivity index (χ0) is 17.5. The molecule has 0 heterocycles. The summed E-state index contributed by atoms with van der Waals surface area (Å²) in [7, 11) is 0. The summed E-state index contributed by atoms with van der Waals surface area (Å²) in [5.41, 5.74) is 0. The van der Waals surface area contributed by atoms with Crippen LogP contribution in [0, 0.1) is 0 Å². The standard InChI is InChI=1S/C18H34O5/c1-2-3-4-5-6-7-11-16(20)17(21)14-13-15(19)10-8-9-12-18(22)23/h13-17,19-21H,2-12H2,1H3,(H,22,23)/b14-13+/t15-,16+,17+/m1/s1. The topological polar surface area (TPSA) is 98.0 Å². The van der Waals surface area contributed by atoms with Crippen LogP contribution in [0.25, 0.3) is 0 Å². The van der Waals surface area contributed by atoms with E-state index in [9.17, 15) is 20.1 Å². The maximum Gasteiger partial charge on any atom is 0.303 e. The first kappa shape index (κ1) is 22.1. The van der Waals surface area contributed by atoms with Gasteiger partial charge in [0.1, 0.15) is 0 Å². The molecule has 136 valence electrons. The normalized spacial score (nSPS) is 15.7. The first-order valence-electron chi connectivity index (χ1n) is 8.91. The number of aliphatic hydroxyl groups is 3. The molecule has 0 aromatic rings. The van der Waals surface area contributed by atoms with Gasteiger partial charge in [-0.05, 0) is 25.7 Å². The van der Waals surface area contributed by atoms with Crippen LogP contribution in [0.5, 0.6) is 0 Å². The van der Waals surface area contributed by atoms with Crippen LogP contribution in [0.1, 0.15) is 77.6 Å². The Balaban J connectivity index is 3.74. The molecule has 0 saturated carbocycles. The van der Waals surface area contributed by atoms with E-state index in [0.717, 1.165) is 12.8 Å². The van der Waals surface area contributed by atoms with Gasteiger partial charge in [0.05, 0.1) is 18.3 Å². The molecule has 4 N–H and O–H groups in total. The van der Waals surface area contributed by atoms with E-state index in [-0.39, 0.29) is 6.42 Å². The van der Waals surface area contributed by atoms with E-state index in [1.807, 2.05) is 0 Å². The molecule has 0 aromatic heterocycles. The molecule has 5 heteroatoms. The highest BCUT2D eigenvalue weighted by molar-refractivity contribution is 5.66. The lowest BCUT2D eigenvalue weighted by atomic mass is 10.0. The zero-order valence-corrected chi connectivity index (χ0v) is 14.4. The monoisotopic (exact) mass is 330 g/mol. The molecule has 0 radical (unpaired) electrons. The number of carboxylic acids is 1. The average Bonchev–Trinajstić information content (AvgIpc) is 2.52. The van der Waals surface area contributed by atoms with Crippen molar-refractivity contribution in [2.75, 3.05) is 0 Å². The quantitative estimate of drug-likeness (QED) is 0.273. The van der Waals surface area contributed by atoms with E-state index in [2.05, 4.69) is 6.92 Å². The minimum atomic E-state index is -0.959. The second-order valence-electron chi connectivity index (χ2n) is 6.21. The first-order valence-corrected chi connectivity index (χ1v) is 8.91. The molecular weight excluding hydrogens is 296 g/mol. The Morgan fingerprint density at radius 3 is 2.13 bits per heavy atom. The summed E-state index contributed by atoms with van der Waals surface area (Å²) in [6, 6.07) is 0. The second-order valence-corrected chi connectivity index (χ2v) is 6.21. The van der Waals surface area contributed by atoms with Gasteiger partial charge in [0, 0.05) is 6.42 Å². The van der Waals surface area contributed by atoms with Gasteiger partial charge in [-0.2, -0.15) is 0 Å². The number of rotatable bonds is 15. The fourth-order valence-electron chi connectivity index (χ4n) is 2.40. The molecular formula is C18H34O5. The highest BCUT2D eigenvalue weighted by Crippen LogP contribution is 2.12. The Morgan fingerprint density at radius 1 is 0.870 bits per heavy atom. The van der Waals surface area contributed by atoms with Crippen molar-refractivity contribution < 1.29 is 25.2 Å². The summed E-state index contributed by atoms with van der Waals surface area (Å²) in [5, 5.41) is 37.9. The first-order chi connectivity index (χ1) is 11.0. The number of unbranched alkanes of at least 4 members (excludes halogenated alkanes) is 6. The van der Waals surface area contributed by atoms with E-state index >= 15 is 0 Å². The number of aliphatic carboxylic acids is 1. The molecule has 0 spiro atoms. The molecule has 0 aromatic carbocycles. The van der Waals surface area contributed by atoms with Crippen LogP contribution in [-0.2, 0) is 4.79 Å². The van der Waals surface area contributed by atoms with Gasteiger partial charge >= 0.3 is 5.97 Å². The molecule has 3 atom stereocenters. The number of aliphatic hydroxyl groups excluding tert-OH is 3. The van der Waals surface area contributed by atoms with E-state index in [0.29, 0.717) is 25.7 Å². The second kappa shape index (κ2) is 14.7. The molecule has 0 aliphatic rings. The number of carboxylic acid groups (broad SMARTS) is 1. The van der Waals surface area contributed by atoms with E-state index in [1.165, 1.54) is 37.8 Å². The van der Waals surface area contributed by atoms with Crippen molar-refractivity contribution >= 4 is 5.97 Å². The molecule has 0 amide bonds. The largest absolute Gasteiger partial charge is 0.481 e. The Bertz CT molecular complexity index is 317. The van der Waals surface area contributed by atoms with Gasteiger partial charge in [-0.1, -0.05) is 57.6 Å². The minimum absolute atomic E-state index is 0.107. The van der Waals surface area contributed by atoms with Crippen LogP contribution >= 0.6 is 0 Å². The summed E-state index contributed by atoms with van der Waals surface area (Å²) in [4.78, 5) is 10.4. The minimum Gasteiger partial charge on any atom is -0.481 e. The Kier molecular flexibility index (Phi) is 14.1. The van der Waals surface area contributed by atoms with Gasteiger partial charge in [-0.25, -0.2) is 0 Å². The fourth-order valence-corrected chi connectivity index (χ4v) is 2.40. The number of hydrogen-bond donors (Lipinski definition) is 4. The van der Waals surface area contributed by atoms with Gasteiger partial charge in [0.15, 0.2) is 0 Å². The maximum absolute atomic E-state index is 10.4. The third kappa shape index (κ3) is 14.4. The van der Waals surface area contributed by atoms with Crippen molar-refractivity contribution in [2.24, 2.45) is 0 Å². The number of carbonyl (C=O) groups is 1. The predicted molar refractivity (Wildman–Crippen MR) is 91.3 cm³/mol. The van der Waals surface area contributed by atoms with Gasteiger partial charge in [-0.15, -0.1) is 0 Å². The fraction of sp³-hybridized carbons (Fsp3) is 0.833. The predicted octanol–water partition coefficient (Wildman–Crippen LogP) is 3.02. The summed E-state index contributed by atoms with van der Waals surface area (Å²) < 4.78 is 0. The van der Waals surface area contributed by atoms with Crippen molar-refractivity contribution in [1.29, 1.82) is 0 Å². The maximum atomic E-state index is 10.4. The van der Waals surface area contributed by atoms with Crippen LogP contribution in [0.3, 0.4) is 0 Å². The Hall–Kier alpha value is -0.910. The zero-order valence-electron chi connectivity index (χ0n) is 14.4. The molecule has 5 nitrogen and oxygen atoms in total. The Morgan fingerprint density at radius 2 is 1.48 bits per heavy atom. The average molecular weight is 330 g/mol. The highest BCUT2D eigenvalue weighted by Gasteiger charge is 2.13. The van der Waals surface area contributed by atoms with Crippen molar-refractivity contribution in [2.45, 2.75) is 95.9 Å². The van der Waals surface area contributed by atoms with Gasteiger partial charge < -0.3 is 20.4 Å². The molecule has 0 saturated heterocycles. The van der Waals surface area contributed by atoms with Crippen LogP contribution in [0.15, 0.2) is 12.2 Å². The Labute approximate surface area is 140 Å². The number of hydrogen-bond acceptors (Lipinski definition) is 4. The van der Waals surface area contributed by atoms with Gasteiger partial charge in [0.25, 0.3) is 0 Å².